The Morgan fingerprint density at radius 3 is 1.83 bits per heavy atom. The Kier molecular flexibility index (Phi) is 4.68. The number of ketones is 1. The van der Waals surface area contributed by atoms with Gasteiger partial charge in [0, 0.05) is 11.8 Å². The summed E-state index contributed by atoms with van der Waals surface area (Å²) in [6, 6.07) is 0. The zero-order chi connectivity index (χ0) is 14.4. The molecule has 0 radical (unpaired) electrons. The number of hydrogen-bond donors (Lipinski definition) is 2. The van der Waals surface area contributed by atoms with Crippen LogP contribution < -0.4 is 0 Å². The quantitative estimate of drug-likeness (QED) is 0.533. The number of alkyl halides is 3. The molecule has 2 rings (SSSR count). The van der Waals surface area contributed by atoms with Crippen LogP contribution in [0.15, 0.2) is 0 Å². The highest BCUT2D eigenvalue weighted by molar-refractivity contribution is 6.67. The normalized spacial score (nSPS) is 33.6. The van der Waals surface area contributed by atoms with E-state index in [0.717, 1.165) is 12.8 Å². The second-order valence-electron chi connectivity index (χ2n) is 5.83. The summed E-state index contributed by atoms with van der Waals surface area (Å²) >= 11 is 14.7. The van der Waals surface area contributed by atoms with E-state index in [0.29, 0.717) is 11.7 Å². The number of aliphatic hydroxyl groups is 2. The molecular weight excluding hydrogens is 298 g/mol. The van der Waals surface area contributed by atoms with E-state index in [4.69, 9.17) is 45.0 Å². The van der Waals surface area contributed by atoms with Gasteiger partial charge in [-0.1, -0.05) is 55.6 Å². The van der Waals surface area contributed by atoms with Crippen molar-refractivity contribution in [3.8, 4) is 0 Å². The average Bonchev–Trinajstić information content (AvgIpc) is 2.50. The third-order valence-electron chi connectivity index (χ3n) is 4.78. The number of halogens is 3. The smallest absolute Gasteiger partial charge is 0.240 e. The Morgan fingerprint density at radius 2 is 1.72 bits per heavy atom. The molecule has 2 aliphatic rings. The molecule has 0 amide bonds. The molecule has 2 bridgehead atoms. The largest absolute Gasteiger partial charge is 0.365 e. The molecule has 0 aliphatic heterocycles. The van der Waals surface area contributed by atoms with Gasteiger partial charge in [0.1, 0.15) is 5.78 Å². The van der Waals surface area contributed by atoms with Crippen LogP contribution in [0.5, 0.6) is 0 Å². The summed E-state index contributed by atoms with van der Waals surface area (Å²) in [6.07, 6.45) is 1.35. The van der Waals surface area contributed by atoms with Crippen LogP contribution in [0.3, 0.4) is 0 Å². The maximum Gasteiger partial charge on any atom is 0.240 e. The molecule has 6 heteroatoms. The van der Waals surface area contributed by atoms with Crippen molar-refractivity contribution >= 4 is 40.6 Å². The summed E-state index contributed by atoms with van der Waals surface area (Å²) in [7, 11) is 0. The number of aliphatic hydroxyl groups excluding tert-OH is 1. The first kappa shape index (κ1) is 16.5. The number of hydrogen-bond acceptors (Lipinski definition) is 3. The molecule has 106 valence electrons. The van der Waals surface area contributed by atoms with Crippen molar-refractivity contribution in [3.63, 3.8) is 0 Å². The van der Waals surface area contributed by atoms with Crippen molar-refractivity contribution in [1.82, 2.24) is 0 Å². The molecule has 0 spiro atoms. The van der Waals surface area contributed by atoms with E-state index in [1.54, 1.807) is 0 Å². The minimum Gasteiger partial charge on any atom is -0.365 e. The van der Waals surface area contributed by atoms with Gasteiger partial charge in [0.25, 0.3) is 0 Å². The maximum atomic E-state index is 11.6. The summed E-state index contributed by atoms with van der Waals surface area (Å²) in [5.74, 6) is 1.19. The van der Waals surface area contributed by atoms with Gasteiger partial charge in [-0.25, -0.2) is 0 Å². The summed E-state index contributed by atoms with van der Waals surface area (Å²) in [5, 5.41) is 16.1. The second-order valence-corrected chi connectivity index (χ2v) is 8.20. The first-order valence-electron chi connectivity index (χ1n) is 5.89. The zero-order valence-electron chi connectivity index (χ0n) is 10.7. The monoisotopic (exact) mass is 316 g/mol. The fraction of sp³-hybridized carbons (Fsp3) is 0.917. The Balaban J connectivity index is 0.000000203. The first-order valence-corrected chi connectivity index (χ1v) is 7.02. The van der Waals surface area contributed by atoms with Gasteiger partial charge >= 0.3 is 0 Å². The molecule has 0 saturated heterocycles. The van der Waals surface area contributed by atoms with E-state index in [2.05, 4.69) is 20.8 Å². The van der Waals surface area contributed by atoms with Gasteiger partial charge in [-0.15, -0.1) is 0 Å². The van der Waals surface area contributed by atoms with Crippen LogP contribution in [0.4, 0.5) is 0 Å². The summed E-state index contributed by atoms with van der Waals surface area (Å²) < 4.78 is -1.97. The van der Waals surface area contributed by atoms with Gasteiger partial charge in [-0.3, -0.25) is 4.79 Å². The van der Waals surface area contributed by atoms with Crippen molar-refractivity contribution in [3.05, 3.63) is 0 Å². The van der Waals surface area contributed by atoms with Gasteiger partial charge < -0.3 is 10.2 Å². The molecule has 2 fully saturated rings. The van der Waals surface area contributed by atoms with Crippen molar-refractivity contribution in [1.29, 1.82) is 0 Å². The van der Waals surface area contributed by atoms with Gasteiger partial charge in [0.2, 0.25) is 3.79 Å². The molecule has 2 aliphatic carbocycles. The third-order valence-corrected chi connectivity index (χ3v) is 5.36. The lowest BCUT2D eigenvalue weighted by Gasteiger charge is -2.32. The van der Waals surface area contributed by atoms with Crippen LogP contribution in [0.25, 0.3) is 0 Å². The molecule has 2 unspecified atom stereocenters. The van der Waals surface area contributed by atoms with Crippen molar-refractivity contribution in [2.24, 2.45) is 16.7 Å². The number of Topliss-reactive ketones (excluding diaryl/α,β-unsaturated/α-hetero) is 1. The highest BCUT2D eigenvalue weighted by atomic mass is 35.6. The van der Waals surface area contributed by atoms with Crippen LogP contribution >= 0.6 is 34.8 Å². The van der Waals surface area contributed by atoms with Gasteiger partial charge in [-0.2, -0.15) is 0 Å². The minimum atomic E-state index is -1.97. The lowest BCUT2D eigenvalue weighted by Crippen LogP contribution is -2.32. The molecule has 2 N–H and O–H groups in total. The topological polar surface area (TPSA) is 57.5 Å². The first-order chi connectivity index (χ1) is 7.93. The highest BCUT2D eigenvalue weighted by Crippen LogP contribution is 2.63. The SMILES string of the molecule is CC12CCC(CC1=O)C2(C)C.OC(O)C(Cl)(Cl)Cl. The van der Waals surface area contributed by atoms with Crippen LogP contribution in [0, 0.1) is 16.7 Å². The zero-order valence-corrected chi connectivity index (χ0v) is 13.0. The van der Waals surface area contributed by atoms with Crippen LogP contribution in [0.2, 0.25) is 0 Å². The minimum absolute atomic E-state index is 0.0255. The predicted octanol–water partition coefficient (Wildman–Crippen LogP) is 3.07. The molecule has 3 nitrogen and oxygen atoms in total. The Morgan fingerprint density at radius 1 is 1.28 bits per heavy atom. The predicted molar refractivity (Wildman–Crippen MR) is 72.8 cm³/mol. The van der Waals surface area contributed by atoms with Gasteiger partial charge in [0.05, 0.1) is 0 Å². The van der Waals surface area contributed by atoms with Gasteiger partial charge in [0.15, 0.2) is 6.29 Å². The Hall–Kier alpha value is 0.460. The fourth-order valence-corrected chi connectivity index (χ4v) is 2.90. The molecule has 2 saturated carbocycles. The van der Waals surface area contributed by atoms with Crippen LogP contribution in [-0.2, 0) is 4.79 Å². The number of carbonyl (C=O) groups excluding carboxylic acids is 1. The van der Waals surface area contributed by atoms with E-state index < -0.39 is 10.1 Å². The molecule has 2 atom stereocenters. The lowest BCUT2D eigenvalue weighted by atomic mass is 9.70. The molecular formula is C12H19Cl3O3. The van der Waals surface area contributed by atoms with E-state index in [9.17, 15) is 4.79 Å². The third kappa shape index (κ3) is 2.80. The standard InChI is InChI=1S/C10H16O.C2H3Cl3O2/c1-9(2)7-4-5-10(9,3)8(11)6-7;3-2(4,5)1(6)7/h7H,4-6H2,1-3H3;1,6-7H. The van der Waals surface area contributed by atoms with E-state index >= 15 is 0 Å². The van der Waals surface area contributed by atoms with E-state index in [1.807, 2.05) is 0 Å². The van der Waals surface area contributed by atoms with Crippen molar-refractivity contribution < 1.29 is 15.0 Å². The molecule has 0 heterocycles. The average molecular weight is 318 g/mol. The van der Waals surface area contributed by atoms with Crippen molar-refractivity contribution in [2.45, 2.75) is 50.1 Å². The number of rotatable bonds is 0. The summed E-state index contributed by atoms with van der Waals surface area (Å²) in [4.78, 5) is 11.6. The molecule has 18 heavy (non-hydrogen) atoms. The van der Waals surface area contributed by atoms with Crippen molar-refractivity contribution in [2.75, 3.05) is 0 Å². The van der Waals surface area contributed by atoms with Crippen LogP contribution in [-0.4, -0.2) is 26.1 Å². The highest BCUT2D eigenvalue weighted by Gasteiger charge is 2.61. The van der Waals surface area contributed by atoms with Crippen LogP contribution in [0.1, 0.15) is 40.0 Å². The number of carbonyl (C=O) groups is 1. The molecule has 0 aromatic carbocycles. The lowest BCUT2D eigenvalue weighted by molar-refractivity contribution is -0.128. The number of fused-ring (bicyclic) bond motifs is 2. The second kappa shape index (κ2) is 5.10. The maximum absolute atomic E-state index is 11.6. The summed E-state index contributed by atoms with van der Waals surface area (Å²) in [6.45, 7) is 6.67. The summed E-state index contributed by atoms with van der Waals surface area (Å²) in [5.41, 5.74) is 0.307. The van der Waals surface area contributed by atoms with Gasteiger partial charge in [-0.05, 0) is 24.2 Å². The van der Waals surface area contributed by atoms with E-state index in [-0.39, 0.29) is 10.8 Å². The molecule has 0 aromatic rings. The van der Waals surface area contributed by atoms with E-state index in [1.165, 1.54) is 6.42 Å². The molecule has 0 aromatic heterocycles. The Labute approximate surface area is 122 Å². The fourth-order valence-electron chi connectivity index (χ4n) is 2.90. The Bertz CT molecular complexity index is 336.